The van der Waals surface area contributed by atoms with Gasteiger partial charge in [-0.3, -0.25) is 4.21 Å². The van der Waals surface area contributed by atoms with E-state index in [4.69, 9.17) is 4.42 Å². The number of hydrogen-bond donors (Lipinski definition) is 0. The largest absolute Gasteiger partial charge is 1.00 e. The Balaban J connectivity index is 0.00000108. The molecular weight excluding hydrogens is 247 g/mol. The third kappa shape index (κ3) is 2.19. The van der Waals surface area contributed by atoms with Crippen molar-refractivity contribution < 1.29 is 42.7 Å². The standard InChI is InChI=1S/C12H8O3S.Na/c13-16(14)8-5-6-12-10(7-8)9-3-1-2-4-11(9)15-12;/h1-7H,(H,13,14);/q;+1/p-1. The van der Waals surface area contributed by atoms with Crippen LogP contribution in [0.5, 0.6) is 0 Å². The average molecular weight is 254 g/mol. The first-order valence-corrected chi connectivity index (χ1v) is 5.84. The molecule has 0 saturated carbocycles. The summed E-state index contributed by atoms with van der Waals surface area (Å²) in [5, 5.41) is 1.77. The fourth-order valence-corrected chi connectivity index (χ4v) is 2.20. The van der Waals surface area contributed by atoms with Gasteiger partial charge in [0.2, 0.25) is 0 Å². The second-order valence-electron chi connectivity index (χ2n) is 3.49. The molecule has 3 rings (SSSR count). The van der Waals surface area contributed by atoms with Crippen molar-refractivity contribution in [3.05, 3.63) is 42.5 Å². The van der Waals surface area contributed by atoms with Crippen molar-refractivity contribution in [2.45, 2.75) is 4.90 Å². The summed E-state index contributed by atoms with van der Waals surface area (Å²) in [5.41, 5.74) is 1.47. The molecule has 0 fully saturated rings. The van der Waals surface area contributed by atoms with Crippen molar-refractivity contribution in [3.63, 3.8) is 0 Å². The van der Waals surface area contributed by atoms with Crippen LogP contribution in [0.25, 0.3) is 21.9 Å². The Bertz CT molecular complexity index is 705. The van der Waals surface area contributed by atoms with Crippen LogP contribution in [0.15, 0.2) is 51.8 Å². The number of hydrogen-bond acceptors (Lipinski definition) is 3. The second kappa shape index (κ2) is 4.92. The van der Waals surface area contributed by atoms with Gasteiger partial charge in [-0.2, -0.15) is 0 Å². The summed E-state index contributed by atoms with van der Waals surface area (Å²) in [5.74, 6) is 0. The monoisotopic (exact) mass is 254 g/mol. The van der Waals surface area contributed by atoms with Gasteiger partial charge in [0.1, 0.15) is 11.2 Å². The molecule has 0 spiro atoms. The molecule has 1 unspecified atom stereocenters. The van der Waals surface area contributed by atoms with Crippen LogP contribution in [0.1, 0.15) is 0 Å². The predicted octanol–water partition coefficient (Wildman–Crippen LogP) is -0.172. The zero-order valence-electron chi connectivity index (χ0n) is 9.17. The zero-order valence-corrected chi connectivity index (χ0v) is 12.0. The van der Waals surface area contributed by atoms with Crippen molar-refractivity contribution in [1.82, 2.24) is 0 Å². The Kier molecular flexibility index (Phi) is 3.70. The fraction of sp³-hybridized carbons (Fsp3) is 0. The van der Waals surface area contributed by atoms with Gasteiger partial charge in [0.15, 0.2) is 0 Å². The molecule has 3 aromatic rings. The van der Waals surface area contributed by atoms with Gasteiger partial charge in [-0.25, -0.2) is 0 Å². The SMILES string of the molecule is O=S([O-])c1ccc2oc3ccccc3c2c1.[Na+]. The summed E-state index contributed by atoms with van der Waals surface area (Å²) in [6.45, 7) is 0. The van der Waals surface area contributed by atoms with Gasteiger partial charge in [-0.05, 0) is 35.3 Å². The number of rotatable bonds is 1. The second-order valence-corrected chi connectivity index (χ2v) is 4.43. The summed E-state index contributed by atoms with van der Waals surface area (Å²) in [6.07, 6.45) is 0. The van der Waals surface area contributed by atoms with Crippen molar-refractivity contribution in [1.29, 1.82) is 0 Å². The van der Waals surface area contributed by atoms with Crippen LogP contribution in [0.3, 0.4) is 0 Å². The van der Waals surface area contributed by atoms with Crippen LogP contribution in [0.2, 0.25) is 0 Å². The molecule has 0 N–H and O–H groups in total. The summed E-state index contributed by atoms with van der Waals surface area (Å²) in [6, 6.07) is 12.4. The molecular formula is C12H7NaO3S. The van der Waals surface area contributed by atoms with E-state index in [0.717, 1.165) is 16.4 Å². The first kappa shape index (κ1) is 12.8. The molecule has 1 aromatic heterocycles. The minimum atomic E-state index is -2.20. The predicted molar refractivity (Wildman–Crippen MR) is 60.9 cm³/mol. The van der Waals surface area contributed by atoms with E-state index in [2.05, 4.69) is 0 Å². The van der Waals surface area contributed by atoms with Gasteiger partial charge in [0.25, 0.3) is 0 Å². The Morgan fingerprint density at radius 3 is 2.47 bits per heavy atom. The van der Waals surface area contributed by atoms with E-state index < -0.39 is 11.1 Å². The molecule has 0 aliphatic heterocycles. The minimum Gasteiger partial charge on any atom is -0.768 e. The van der Waals surface area contributed by atoms with E-state index in [0.29, 0.717) is 5.58 Å². The van der Waals surface area contributed by atoms with Crippen LogP contribution in [-0.2, 0) is 11.1 Å². The Morgan fingerprint density at radius 2 is 1.71 bits per heavy atom. The van der Waals surface area contributed by atoms with E-state index >= 15 is 0 Å². The molecule has 17 heavy (non-hydrogen) atoms. The van der Waals surface area contributed by atoms with Gasteiger partial charge in [0.05, 0.1) is 0 Å². The molecule has 3 nitrogen and oxygen atoms in total. The van der Waals surface area contributed by atoms with E-state index in [9.17, 15) is 8.76 Å². The first-order valence-electron chi connectivity index (χ1n) is 4.76. The maximum Gasteiger partial charge on any atom is 1.00 e. The van der Waals surface area contributed by atoms with Crippen molar-refractivity contribution >= 4 is 33.0 Å². The maximum absolute atomic E-state index is 10.9. The molecule has 0 saturated heterocycles. The topological polar surface area (TPSA) is 53.3 Å². The average Bonchev–Trinajstić information content (AvgIpc) is 2.66. The molecule has 1 heterocycles. The number of para-hydroxylation sites is 1. The minimum absolute atomic E-state index is 0. The molecule has 0 amide bonds. The first-order chi connectivity index (χ1) is 7.75. The van der Waals surface area contributed by atoms with E-state index in [1.807, 2.05) is 24.3 Å². The van der Waals surface area contributed by atoms with E-state index in [-0.39, 0.29) is 34.5 Å². The van der Waals surface area contributed by atoms with Gasteiger partial charge >= 0.3 is 29.6 Å². The Morgan fingerprint density at radius 1 is 1.00 bits per heavy atom. The van der Waals surface area contributed by atoms with Crippen LogP contribution >= 0.6 is 0 Å². The number of benzene rings is 2. The molecule has 1 atom stereocenters. The molecule has 0 bridgehead atoms. The van der Waals surface area contributed by atoms with Crippen LogP contribution in [0, 0.1) is 0 Å². The molecule has 0 aliphatic rings. The summed E-state index contributed by atoms with van der Waals surface area (Å²) in [4.78, 5) is 0.277. The van der Waals surface area contributed by atoms with Crippen LogP contribution < -0.4 is 29.6 Å². The van der Waals surface area contributed by atoms with Gasteiger partial charge < -0.3 is 8.97 Å². The third-order valence-electron chi connectivity index (χ3n) is 2.54. The van der Waals surface area contributed by atoms with Crippen molar-refractivity contribution in [2.24, 2.45) is 0 Å². The molecule has 0 aliphatic carbocycles. The van der Waals surface area contributed by atoms with E-state index in [1.54, 1.807) is 12.1 Å². The van der Waals surface area contributed by atoms with Gasteiger partial charge in [-0.15, -0.1) is 0 Å². The summed E-state index contributed by atoms with van der Waals surface area (Å²) in [7, 11) is 0. The quantitative estimate of drug-likeness (QED) is 0.447. The molecule has 0 radical (unpaired) electrons. The molecule has 5 heteroatoms. The Labute approximate surface area is 122 Å². The summed E-state index contributed by atoms with van der Waals surface area (Å²) >= 11 is -2.20. The summed E-state index contributed by atoms with van der Waals surface area (Å²) < 4.78 is 27.3. The van der Waals surface area contributed by atoms with Crippen LogP contribution in [-0.4, -0.2) is 8.76 Å². The van der Waals surface area contributed by atoms with Crippen molar-refractivity contribution in [2.75, 3.05) is 0 Å². The number of furan rings is 1. The van der Waals surface area contributed by atoms with Crippen molar-refractivity contribution in [3.8, 4) is 0 Å². The van der Waals surface area contributed by atoms with Gasteiger partial charge in [0, 0.05) is 15.7 Å². The normalized spacial score (nSPS) is 12.5. The zero-order chi connectivity index (χ0) is 11.1. The molecule has 2 aromatic carbocycles. The fourth-order valence-electron chi connectivity index (χ4n) is 1.81. The number of fused-ring (bicyclic) bond motifs is 3. The molecule has 80 valence electrons. The third-order valence-corrected chi connectivity index (χ3v) is 3.18. The smallest absolute Gasteiger partial charge is 0.768 e. The Hall–Kier alpha value is -0.650. The van der Waals surface area contributed by atoms with Gasteiger partial charge in [-0.1, -0.05) is 18.2 Å². The maximum atomic E-state index is 10.9. The van der Waals surface area contributed by atoms with Crippen LogP contribution in [0.4, 0.5) is 0 Å². The van der Waals surface area contributed by atoms with E-state index in [1.165, 1.54) is 6.07 Å².